The fourth-order valence-electron chi connectivity index (χ4n) is 1.16. The lowest BCUT2D eigenvalue weighted by atomic mass is 10.3. The van der Waals surface area contributed by atoms with Crippen molar-refractivity contribution in [3.63, 3.8) is 0 Å². The molecule has 0 radical (unpaired) electrons. The SMILES string of the molecule is CCNC(C)c1nnc(C(C)S(C)(=O)=O)s1. The molecule has 1 heterocycles. The van der Waals surface area contributed by atoms with Gasteiger partial charge in [0.2, 0.25) is 0 Å². The van der Waals surface area contributed by atoms with Gasteiger partial charge >= 0.3 is 0 Å². The van der Waals surface area contributed by atoms with Crippen LogP contribution < -0.4 is 5.32 Å². The predicted molar refractivity (Wildman–Crippen MR) is 65.3 cm³/mol. The summed E-state index contributed by atoms with van der Waals surface area (Å²) >= 11 is 1.35. The van der Waals surface area contributed by atoms with E-state index in [-0.39, 0.29) is 6.04 Å². The predicted octanol–water partition coefficient (Wildman–Crippen LogP) is 1.31. The first-order valence-corrected chi connectivity index (χ1v) is 7.89. The molecule has 0 saturated carbocycles. The summed E-state index contributed by atoms with van der Waals surface area (Å²) < 4.78 is 22.7. The van der Waals surface area contributed by atoms with Crippen LogP contribution in [0.1, 0.15) is 42.1 Å². The van der Waals surface area contributed by atoms with E-state index in [1.807, 2.05) is 13.8 Å². The van der Waals surface area contributed by atoms with Crippen LogP contribution in [0.15, 0.2) is 0 Å². The molecule has 0 aliphatic heterocycles. The number of rotatable bonds is 5. The van der Waals surface area contributed by atoms with Crippen LogP contribution in [0.2, 0.25) is 0 Å². The van der Waals surface area contributed by atoms with Gasteiger partial charge in [0.15, 0.2) is 9.84 Å². The van der Waals surface area contributed by atoms with Gasteiger partial charge in [-0.1, -0.05) is 18.3 Å². The van der Waals surface area contributed by atoms with Crippen molar-refractivity contribution in [3.05, 3.63) is 10.0 Å². The minimum absolute atomic E-state index is 0.114. The molecule has 0 spiro atoms. The highest BCUT2D eigenvalue weighted by atomic mass is 32.2. The number of hydrogen-bond acceptors (Lipinski definition) is 6. The Morgan fingerprint density at radius 3 is 2.38 bits per heavy atom. The number of nitrogens with zero attached hydrogens (tertiary/aromatic N) is 2. The fourth-order valence-corrected chi connectivity index (χ4v) is 3.05. The molecule has 1 N–H and O–H groups in total. The Morgan fingerprint density at radius 1 is 1.31 bits per heavy atom. The maximum absolute atomic E-state index is 11.4. The molecule has 1 aromatic heterocycles. The Morgan fingerprint density at radius 2 is 1.88 bits per heavy atom. The monoisotopic (exact) mass is 263 g/mol. The molecule has 0 saturated heterocycles. The van der Waals surface area contributed by atoms with E-state index in [0.29, 0.717) is 5.01 Å². The first kappa shape index (κ1) is 13.5. The van der Waals surface area contributed by atoms with Gasteiger partial charge in [-0.05, 0) is 20.4 Å². The minimum Gasteiger partial charge on any atom is -0.308 e. The minimum atomic E-state index is -3.09. The summed E-state index contributed by atoms with van der Waals surface area (Å²) in [5, 5.41) is 12.0. The number of hydrogen-bond donors (Lipinski definition) is 1. The molecular formula is C9H17N3O2S2. The molecule has 92 valence electrons. The molecule has 2 atom stereocenters. The van der Waals surface area contributed by atoms with E-state index in [4.69, 9.17) is 0 Å². The summed E-state index contributed by atoms with van der Waals surface area (Å²) in [6, 6.07) is 0.114. The highest BCUT2D eigenvalue weighted by Crippen LogP contribution is 2.26. The number of aromatic nitrogens is 2. The van der Waals surface area contributed by atoms with Crippen LogP contribution in [0, 0.1) is 0 Å². The van der Waals surface area contributed by atoms with Gasteiger partial charge in [0.05, 0.1) is 6.04 Å². The molecule has 0 aliphatic rings. The van der Waals surface area contributed by atoms with Gasteiger partial charge in [-0.25, -0.2) is 8.42 Å². The van der Waals surface area contributed by atoms with E-state index < -0.39 is 15.1 Å². The van der Waals surface area contributed by atoms with Gasteiger partial charge in [-0.2, -0.15) is 0 Å². The highest BCUT2D eigenvalue weighted by molar-refractivity contribution is 7.91. The van der Waals surface area contributed by atoms with Crippen molar-refractivity contribution in [1.29, 1.82) is 0 Å². The second-order valence-electron chi connectivity index (χ2n) is 3.73. The van der Waals surface area contributed by atoms with Gasteiger partial charge in [0.1, 0.15) is 15.3 Å². The molecule has 0 aliphatic carbocycles. The molecule has 0 aromatic carbocycles. The zero-order valence-electron chi connectivity index (χ0n) is 9.89. The molecule has 0 bridgehead atoms. The maximum atomic E-state index is 11.4. The Hall–Kier alpha value is -0.530. The van der Waals surface area contributed by atoms with Crippen LogP contribution in [0.3, 0.4) is 0 Å². The molecular weight excluding hydrogens is 246 g/mol. The fraction of sp³-hybridized carbons (Fsp3) is 0.778. The van der Waals surface area contributed by atoms with Crippen LogP contribution in [-0.2, 0) is 9.84 Å². The van der Waals surface area contributed by atoms with Gasteiger partial charge in [-0.3, -0.25) is 0 Å². The first-order chi connectivity index (χ1) is 7.36. The van der Waals surface area contributed by atoms with Crippen molar-refractivity contribution >= 4 is 21.2 Å². The van der Waals surface area contributed by atoms with Crippen molar-refractivity contribution in [2.75, 3.05) is 12.8 Å². The molecule has 1 aromatic rings. The molecule has 16 heavy (non-hydrogen) atoms. The topological polar surface area (TPSA) is 72.0 Å². The van der Waals surface area contributed by atoms with Crippen LogP contribution in [-0.4, -0.2) is 31.4 Å². The smallest absolute Gasteiger partial charge is 0.156 e. The van der Waals surface area contributed by atoms with E-state index in [9.17, 15) is 8.42 Å². The highest BCUT2D eigenvalue weighted by Gasteiger charge is 2.22. The third-order valence-electron chi connectivity index (χ3n) is 2.33. The molecule has 7 heteroatoms. The molecule has 0 amide bonds. The summed E-state index contributed by atoms with van der Waals surface area (Å²) in [6.07, 6.45) is 1.21. The Balaban J connectivity index is 2.87. The number of sulfone groups is 1. The van der Waals surface area contributed by atoms with E-state index in [0.717, 1.165) is 11.6 Å². The second-order valence-corrected chi connectivity index (χ2v) is 7.14. The van der Waals surface area contributed by atoms with Crippen LogP contribution in [0.5, 0.6) is 0 Å². The van der Waals surface area contributed by atoms with Gasteiger partial charge < -0.3 is 5.32 Å². The lowest BCUT2D eigenvalue weighted by Gasteiger charge is -2.07. The molecule has 5 nitrogen and oxygen atoms in total. The van der Waals surface area contributed by atoms with Gasteiger partial charge in [0, 0.05) is 6.26 Å². The van der Waals surface area contributed by atoms with Gasteiger partial charge in [-0.15, -0.1) is 10.2 Å². The van der Waals surface area contributed by atoms with E-state index in [1.165, 1.54) is 17.6 Å². The van der Waals surface area contributed by atoms with Crippen molar-refractivity contribution < 1.29 is 8.42 Å². The summed E-state index contributed by atoms with van der Waals surface area (Å²) in [5.74, 6) is 0. The summed E-state index contributed by atoms with van der Waals surface area (Å²) in [5.41, 5.74) is 0. The van der Waals surface area contributed by atoms with Crippen LogP contribution in [0.4, 0.5) is 0 Å². The zero-order chi connectivity index (χ0) is 12.3. The maximum Gasteiger partial charge on any atom is 0.156 e. The van der Waals surface area contributed by atoms with Crippen LogP contribution in [0.25, 0.3) is 0 Å². The van der Waals surface area contributed by atoms with Crippen molar-refractivity contribution in [1.82, 2.24) is 15.5 Å². The van der Waals surface area contributed by atoms with Crippen molar-refractivity contribution in [2.45, 2.75) is 32.1 Å². The second kappa shape index (κ2) is 5.20. The van der Waals surface area contributed by atoms with Gasteiger partial charge in [0.25, 0.3) is 0 Å². The average Bonchev–Trinajstić information content (AvgIpc) is 2.64. The molecule has 2 unspecified atom stereocenters. The molecule has 1 rings (SSSR count). The van der Waals surface area contributed by atoms with E-state index in [2.05, 4.69) is 15.5 Å². The average molecular weight is 263 g/mol. The van der Waals surface area contributed by atoms with E-state index in [1.54, 1.807) is 6.92 Å². The molecule has 0 fully saturated rings. The third kappa shape index (κ3) is 3.23. The normalized spacial score (nSPS) is 16.0. The quantitative estimate of drug-likeness (QED) is 0.867. The standard InChI is InChI=1S/C9H17N3O2S2/c1-5-10-6(2)8-11-12-9(15-8)7(3)16(4,13)14/h6-7,10H,5H2,1-4H3. The largest absolute Gasteiger partial charge is 0.308 e. The van der Waals surface area contributed by atoms with Crippen molar-refractivity contribution in [3.8, 4) is 0 Å². The lowest BCUT2D eigenvalue weighted by Crippen LogP contribution is -2.17. The summed E-state index contributed by atoms with van der Waals surface area (Å²) in [4.78, 5) is 0. The third-order valence-corrected chi connectivity index (χ3v) is 5.27. The zero-order valence-corrected chi connectivity index (χ0v) is 11.5. The van der Waals surface area contributed by atoms with Crippen molar-refractivity contribution in [2.24, 2.45) is 0 Å². The van der Waals surface area contributed by atoms with E-state index >= 15 is 0 Å². The Labute approximate surface area is 100 Å². The summed E-state index contributed by atoms with van der Waals surface area (Å²) in [7, 11) is -3.09. The van der Waals surface area contributed by atoms with Crippen LogP contribution >= 0.6 is 11.3 Å². The lowest BCUT2D eigenvalue weighted by molar-refractivity contribution is 0.587. The Kier molecular flexibility index (Phi) is 4.40. The Bertz CT molecular complexity index is 441. The summed E-state index contributed by atoms with van der Waals surface area (Å²) in [6.45, 7) is 6.48. The number of nitrogens with one attached hydrogen (secondary N) is 1. The first-order valence-electron chi connectivity index (χ1n) is 5.11.